The fourth-order valence-corrected chi connectivity index (χ4v) is 2.98. The molecule has 0 spiro atoms. The minimum Gasteiger partial charge on any atom is -0.483 e. The van der Waals surface area contributed by atoms with Gasteiger partial charge in [0.25, 0.3) is 5.91 Å². The number of likely N-dealkylation sites (N-methyl/N-ethyl adjacent to an activating group) is 1. The molecule has 0 aliphatic heterocycles. The van der Waals surface area contributed by atoms with Crippen LogP contribution in [0.15, 0.2) is 42.5 Å². The number of nitrogens with one attached hydrogen (secondary N) is 1. The third-order valence-corrected chi connectivity index (χ3v) is 4.76. The van der Waals surface area contributed by atoms with Gasteiger partial charge in [-0.2, -0.15) is 0 Å². The van der Waals surface area contributed by atoms with E-state index < -0.39 is 6.04 Å². The summed E-state index contributed by atoms with van der Waals surface area (Å²) in [7, 11) is 1.54. The Morgan fingerprint density at radius 2 is 1.89 bits per heavy atom. The molecular formula is C21H25ClN2O3. The van der Waals surface area contributed by atoms with Crippen LogP contribution in [0.3, 0.4) is 0 Å². The van der Waals surface area contributed by atoms with Crippen LogP contribution in [0, 0.1) is 13.8 Å². The van der Waals surface area contributed by atoms with Crippen molar-refractivity contribution in [2.45, 2.75) is 33.4 Å². The summed E-state index contributed by atoms with van der Waals surface area (Å²) >= 11 is 6.23. The van der Waals surface area contributed by atoms with Crippen molar-refractivity contribution in [1.82, 2.24) is 10.2 Å². The van der Waals surface area contributed by atoms with E-state index >= 15 is 0 Å². The lowest BCUT2D eigenvalue weighted by Crippen LogP contribution is -2.48. The zero-order chi connectivity index (χ0) is 20.0. The van der Waals surface area contributed by atoms with E-state index in [0.717, 1.165) is 16.7 Å². The summed E-state index contributed by atoms with van der Waals surface area (Å²) in [5.41, 5.74) is 2.86. The van der Waals surface area contributed by atoms with Crippen LogP contribution in [0.1, 0.15) is 23.6 Å². The second-order valence-corrected chi connectivity index (χ2v) is 6.87. The molecule has 2 amide bonds. The van der Waals surface area contributed by atoms with Crippen LogP contribution in [0.4, 0.5) is 0 Å². The number of halogens is 1. The van der Waals surface area contributed by atoms with Gasteiger partial charge >= 0.3 is 0 Å². The number of carbonyl (C=O) groups is 2. The van der Waals surface area contributed by atoms with E-state index in [2.05, 4.69) is 5.32 Å². The van der Waals surface area contributed by atoms with E-state index in [0.29, 0.717) is 10.8 Å². The molecule has 0 aliphatic carbocycles. The smallest absolute Gasteiger partial charge is 0.261 e. The largest absolute Gasteiger partial charge is 0.483 e. The van der Waals surface area contributed by atoms with Gasteiger partial charge in [0.1, 0.15) is 11.8 Å². The van der Waals surface area contributed by atoms with E-state index in [-0.39, 0.29) is 25.0 Å². The highest BCUT2D eigenvalue weighted by molar-refractivity contribution is 6.31. The molecule has 0 aliphatic rings. The van der Waals surface area contributed by atoms with E-state index in [1.165, 1.54) is 4.90 Å². The first-order chi connectivity index (χ1) is 12.8. The second kappa shape index (κ2) is 9.42. The highest BCUT2D eigenvalue weighted by Crippen LogP contribution is 2.21. The molecule has 1 atom stereocenters. The fourth-order valence-electron chi connectivity index (χ4n) is 2.79. The van der Waals surface area contributed by atoms with Crippen LogP contribution >= 0.6 is 11.6 Å². The fraction of sp³-hybridized carbons (Fsp3) is 0.333. The number of hydrogen-bond acceptors (Lipinski definition) is 3. The third kappa shape index (κ3) is 5.47. The molecule has 2 aromatic carbocycles. The van der Waals surface area contributed by atoms with Gasteiger partial charge in [0, 0.05) is 18.6 Å². The topological polar surface area (TPSA) is 58.6 Å². The minimum atomic E-state index is -0.651. The second-order valence-electron chi connectivity index (χ2n) is 6.46. The van der Waals surface area contributed by atoms with E-state index in [1.54, 1.807) is 20.0 Å². The summed E-state index contributed by atoms with van der Waals surface area (Å²) in [5.74, 6) is 0.118. The quantitative estimate of drug-likeness (QED) is 0.789. The Morgan fingerprint density at radius 3 is 2.52 bits per heavy atom. The average molecular weight is 389 g/mol. The number of hydrogen-bond donors (Lipinski definition) is 1. The highest BCUT2D eigenvalue weighted by atomic mass is 35.5. The van der Waals surface area contributed by atoms with Gasteiger partial charge in [-0.3, -0.25) is 9.59 Å². The number of nitrogens with zero attached hydrogens (tertiary/aromatic N) is 1. The van der Waals surface area contributed by atoms with Gasteiger partial charge in [-0.25, -0.2) is 0 Å². The maximum atomic E-state index is 12.9. The Balaban J connectivity index is 2.17. The van der Waals surface area contributed by atoms with Gasteiger partial charge in [0.15, 0.2) is 6.61 Å². The molecule has 0 saturated carbocycles. The normalized spacial score (nSPS) is 11.6. The Labute approximate surface area is 165 Å². The zero-order valence-corrected chi connectivity index (χ0v) is 16.8. The molecule has 0 bridgehead atoms. The van der Waals surface area contributed by atoms with E-state index in [9.17, 15) is 9.59 Å². The summed E-state index contributed by atoms with van der Waals surface area (Å²) in [6.45, 7) is 5.68. The van der Waals surface area contributed by atoms with Gasteiger partial charge in [0.05, 0.1) is 0 Å². The molecule has 2 rings (SSSR count). The molecule has 1 unspecified atom stereocenters. The number of rotatable bonds is 7. The first-order valence-corrected chi connectivity index (χ1v) is 9.15. The number of benzene rings is 2. The van der Waals surface area contributed by atoms with E-state index in [1.807, 2.05) is 50.2 Å². The molecule has 0 saturated heterocycles. The Morgan fingerprint density at radius 1 is 1.19 bits per heavy atom. The molecule has 6 heteroatoms. The van der Waals surface area contributed by atoms with Crippen molar-refractivity contribution >= 4 is 23.4 Å². The van der Waals surface area contributed by atoms with Gasteiger partial charge in [-0.05, 0) is 44.0 Å². The average Bonchev–Trinajstić information content (AvgIpc) is 2.65. The predicted molar refractivity (Wildman–Crippen MR) is 107 cm³/mol. The summed E-state index contributed by atoms with van der Waals surface area (Å²) < 4.78 is 5.71. The molecule has 27 heavy (non-hydrogen) atoms. The van der Waals surface area contributed by atoms with Gasteiger partial charge in [-0.15, -0.1) is 0 Å². The number of ether oxygens (including phenoxy) is 1. The van der Waals surface area contributed by atoms with Gasteiger partial charge in [0.2, 0.25) is 5.91 Å². The Hall–Kier alpha value is -2.53. The molecule has 0 fully saturated rings. The highest BCUT2D eigenvalue weighted by Gasteiger charge is 2.26. The Kier molecular flexibility index (Phi) is 7.25. The molecule has 1 N–H and O–H groups in total. The van der Waals surface area contributed by atoms with Crippen molar-refractivity contribution in [3.63, 3.8) is 0 Å². The first-order valence-electron chi connectivity index (χ1n) is 8.78. The number of carbonyl (C=O) groups excluding carboxylic acids is 2. The van der Waals surface area contributed by atoms with Crippen molar-refractivity contribution in [1.29, 1.82) is 0 Å². The Bertz CT molecular complexity index is 823. The monoisotopic (exact) mass is 388 g/mol. The lowest BCUT2D eigenvalue weighted by atomic mass is 10.1. The van der Waals surface area contributed by atoms with E-state index in [4.69, 9.17) is 16.3 Å². The number of amides is 2. The van der Waals surface area contributed by atoms with Crippen LogP contribution in [-0.4, -0.2) is 36.4 Å². The number of aryl methyl sites for hydroxylation is 2. The molecule has 0 heterocycles. The standard InChI is InChI=1S/C21H25ClN2O3/c1-14-9-10-19(15(2)11-14)27-13-20(25)24(16(3)21(26)23-4)12-17-7-5-6-8-18(17)22/h5-11,16H,12-13H2,1-4H3,(H,23,26). The maximum Gasteiger partial charge on any atom is 0.261 e. The van der Waals surface area contributed by atoms with Crippen molar-refractivity contribution in [3.05, 3.63) is 64.2 Å². The third-order valence-electron chi connectivity index (χ3n) is 4.39. The van der Waals surface area contributed by atoms with Crippen molar-refractivity contribution in [2.24, 2.45) is 0 Å². The molecule has 0 radical (unpaired) electrons. The van der Waals surface area contributed by atoms with Crippen LogP contribution in [0.2, 0.25) is 5.02 Å². The molecular weight excluding hydrogens is 364 g/mol. The zero-order valence-electron chi connectivity index (χ0n) is 16.1. The summed E-state index contributed by atoms with van der Waals surface area (Å²) in [6, 6.07) is 12.4. The van der Waals surface area contributed by atoms with Crippen LogP contribution in [0.25, 0.3) is 0 Å². The summed E-state index contributed by atoms with van der Waals surface area (Å²) in [5, 5.41) is 3.13. The SMILES string of the molecule is CNC(=O)C(C)N(Cc1ccccc1Cl)C(=O)COc1ccc(C)cc1C. The van der Waals surface area contributed by atoms with Crippen molar-refractivity contribution < 1.29 is 14.3 Å². The molecule has 2 aromatic rings. The van der Waals surface area contributed by atoms with Crippen LogP contribution in [-0.2, 0) is 16.1 Å². The molecule has 5 nitrogen and oxygen atoms in total. The van der Waals surface area contributed by atoms with Crippen LogP contribution < -0.4 is 10.1 Å². The molecule has 144 valence electrons. The maximum absolute atomic E-state index is 12.9. The van der Waals surface area contributed by atoms with Crippen LogP contribution in [0.5, 0.6) is 5.75 Å². The molecule has 0 aromatic heterocycles. The van der Waals surface area contributed by atoms with Gasteiger partial charge < -0.3 is 15.0 Å². The minimum absolute atomic E-state index is 0.157. The van der Waals surface area contributed by atoms with Gasteiger partial charge in [-0.1, -0.05) is 47.5 Å². The lowest BCUT2D eigenvalue weighted by Gasteiger charge is -2.28. The lowest BCUT2D eigenvalue weighted by molar-refractivity contribution is -0.142. The van der Waals surface area contributed by atoms with Crippen molar-refractivity contribution in [3.8, 4) is 5.75 Å². The predicted octanol–water partition coefficient (Wildman–Crippen LogP) is 3.50. The summed E-state index contributed by atoms with van der Waals surface area (Å²) in [4.78, 5) is 26.4. The summed E-state index contributed by atoms with van der Waals surface area (Å²) in [6.07, 6.45) is 0. The first kappa shape index (κ1) is 20.8. The van der Waals surface area contributed by atoms with Crippen molar-refractivity contribution in [2.75, 3.05) is 13.7 Å².